The van der Waals surface area contributed by atoms with Crippen LogP contribution < -0.4 is 11.3 Å². The van der Waals surface area contributed by atoms with Gasteiger partial charge in [0.1, 0.15) is 0 Å². The molecule has 0 aliphatic rings. The van der Waals surface area contributed by atoms with E-state index in [4.69, 9.17) is 0 Å². The van der Waals surface area contributed by atoms with Gasteiger partial charge >= 0.3 is 23.3 Å². The van der Waals surface area contributed by atoms with Gasteiger partial charge in [-0.15, -0.1) is 0 Å². The van der Waals surface area contributed by atoms with Crippen LogP contribution in [0, 0.1) is 0 Å². The SMILES string of the molecule is N.NS(=O)(=O)C(F)(F)C(F)(F)C(F)(F)C(F)(F)F. The lowest BCUT2D eigenvalue weighted by Gasteiger charge is -2.32. The van der Waals surface area contributed by atoms with E-state index in [1.165, 1.54) is 0 Å². The third-order valence-corrected chi connectivity index (χ3v) is 2.44. The summed E-state index contributed by atoms with van der Waals surface area (Å²) in [5.74, 6) is -14.5. The second-order valence-electron chi connectivity index (χ2n) is 2.71. The van der Waals surface area contributed by atoms with E-state index in [0.717, 1.165) is 0 Å². The molecule has 0 saturated heterocycles. The van der Waals surface area contributed by atoms with Crippen molar-refractivity contribution in [1.29, 1.82) is 0 Å². The summed E-state index contributed by atoms with van der Waals surface area (Å²) < 4.78 is 127. The summed E-state index contributed by atoms with van der Waals surface area (Å²) >= 11 is 0. The molecule has 0 bridgehead atoms. The zero-order valence-electron chi connectivity index (χ0n) is 7.91. The molecule has 0 atom stereocenters. The number of rotatable bonds is 3. The first-order chi connectivity index (χ1) is 7.00. The average Bonchev–Trinajstić information content (AvgIpc) is 1.98. The van der Waals surface area contributed by atoms with Crippen LogP contribution in [-0.2, 0) is 10.0 Å². The molecule has 4 nitrogen and oxygen atoms in total. The van der Waals surface area contributed by atoms with Crippen molar-refractivity contribution in [2.75, 3.05) is 0 Å². The molecule has 0 radical (unpaired) electrons. The maximum atomic E-state index is 12.3. The molecule has 5 N–H and O–H groups in total. The number of halogens is 9. The largest absolute Gasteiger partial charge is 0.460 e. The molecule has 0 aliphatic heterocycles. The third-order valence-electron chi connectivity index (χ3n) is 1.47. The molecule has 0 rings (SSSR count). The molecule has 18 heavy (non-hydrogen) atoms. The van der Waals surface area contributed by atoms with Crippen LogP contribution in [0.2, 0.25) is 0 Å². The Kier molecular flexibility index (Phi) is 4.80. The highest BCUT2D eigenvalue weighted by atomic mass is 32.2. The van der Waals surface area contributed by atoms with Gasteiger partial charge in [0, 0.05) is 0 Å². The molecule has 0 amide bonds. The number of alkyl halides is 9. The van der Waals surface area contributed by atoms with Crippen molar-refractivity contribution in [3.8, 4) is 0 Å². The Morgan fingerprint density at radius 2 is 1.00 bits per heavy atom. The van der Waals surface area contributed by atoms with Crippen molar-refractivity contribution in [2.45, 2.75) is 23.3 Å². The molecule has 0 fully saturated rings. The zero-order chi connectivity index (χ0) is 14.5. The molecular formula is C4H5F9N2O2S. The van der Waals surface area contributed by atoms with Crippen LogP contribution in [0.25, 0.3) is 0 Å². The summed E-state index contributed by atoms with van der Waals surface area (Å²) in [6, 6.07) is 0. The van der Waals surface area contributed by atoms with E-state index in [-0.39, 0.29) is 6.15 Å². The Bertz CT molecular complexity index is 399. The highest BCUT2D eigenvalue weighted by Gasteiger charge is 2.85. The van der Waals surface area contributed by atoms with E-state index in [1.54, 1.807) is 0 Å². The van der Waals surface area contributed by atoms with Gasteiger partial charge < -0.3 is 6.15 Å². The van der Waals surface area contributed by atoms with Gasteiger partial charge in [-0.3, -0.25) is 0 Å². The topological polar surface area (TPSA) is 95.2 Å². The van der Waals surface area contributed by atoms with Crippen LogP contribution in [-0.4, -0.2) is 31.7 Å². The summed E-state index contributed by atoms with van der Waals surface area (Å²) in [6.45, 7) is 0. The fraction of sp³-hybridized carbons (Fsp3) is 1.00. The minimum absolute atomic E-state index is 0. The number of primary sulfonamides is 1. The number of sulfonamides is 1. The van der Waals surface area contributed by atoms with Gasteiger partial charge in [-0.05, 0) is 0 Å². The first-order valence-corrected chi connectivity index (χ1v) is 4.77. The minimum Gasteiger partial charge on any atom is -0.344 e. The Hall–Kier alpha value is -0.760. The van der Waals surface area contributed by atoms with E-state index >= 15 is 0 Å². The predicted molar refractivity (Wildman–Crippen MR) is 39.0 cm³/mol. The Morgan fingerprint density at radius 3 is 1.17 bits per heavy atom. The van der Waals surface area contributed by atoms with Gasteiger partial charge in [0.05, 0.1) is 0 Å². The predicted octanol–water partition coefficient (Wildman–Crippen LogP) is 1.86. The van der Waals surface area contributed by atoms with E-state index in [9.17, 15) is 47.9 Å². The van der Waals surface area contributed by atoms with Crippen molar-refractivity contribution < 1.29 is 47.9 Å². The second-order valence-corrected chi connectivity index (χ2v) is 4.31. The average molecular weight is 316 g/mol. The highest BCUT2D eigenvalue weighted by molar-refractivity contribution is 7.90. The molecule has 112 valence electrons. The molecule has 0 aliphatic carbocycles. The number of hydrogen-bond donors (Lipinski definition) is 2. The summed E-state index contributed by atoms with van der Waals surface area (Å²) in [6.07, 6.45) is -7.08. The van der Waals surface area contributed by atoms with E-state index in [1.807, 2.05) is 0 Å². The molecular weight excluding hydrogens is 311 g/mol. The summed E-state index contributed by atoms with van der Waals surface area (Å²) in [7, 11) is -6.67. The summed E-state index contributed by atoms with van der Waals surface area (Å²) in [5, 5.41) is -3.30. The van der Waals surface area contributed by atoms with Gasteiger partial charge in [-0.1, -0.05) is 0 Å². The Morgan fingerprint density at radius 1 is 0.722 bits per heavy atom. The van der Waals surface area contributed by atoms with Crippen LogP contribution in [0.5, 0.6) is 0 Å². The van der Waals surface area contributed by atoms with E-state index < -0.39 is 33.3 Å². The standard InChI is InChI=1S/C4H2F9NO2S.H3N/c5-1(6,3(9,10)11)2(7,8)4(12,13)17(14,15)16;/h(H2,14,15,16);1H3. The molecule has 0 aromatic carbocycles. The molecule has 0 spiro atoms. The van der Waals surface area contributed by atoms with E-state index in [2.05, 4.69) is 5.14 Å². The zero-order valence-corrected chi connectivity index (χ0v) is 8.73. The van der Waals surface area contributed by atoms with Crippen molar-refractivity contribution in [3.05, 3.63) is 0 Å². The Labute approximate surface area is 93.6 Å². The molecule has 0 saturated carbocycles. The first kappa shape index (κ1) is 19.6. The van der Waals surface area contributed by atoms with Crippen LogP contribution in [0.4, 0.5) is 39.5 Å². The van der Waals surface area contributed by atoms with Crippen molar-refractivity contribution in [2.24, 2.45) is 5.14 Å². The lowest BCUT2D eigenvalue weighted by Crippen LogP contribution is -2.64. The van der Waals surface area contributed by atoms with Crippen LogP contribution in [0.3, 0.4) is 0 Å². The monoisotopic (exact) mass is 316 g/mol. The van der Waals surface area contributed by atoms with Crippen molar-refractivity contribution in [1.82, 2.24) is 6.15 Å². The second kappa shape index (κ2) is 4.41. The van der Waals surface area contributed by atoms with Gasteiger partial charge in [0.2, 0.25) is 0 Å². The van der Waals surface area contributed by atoms with Crippen LogP contribution in [0.15, 0.2) is 0 Å². The molecule has 14 heteroatoms. The number of hydrogen-bond acceptors (Lipinski definition) is 3. The van der Waals surface area contributed by atoms with Crippen molar-refractivity contribution >= 4 is 10.0 Å². The first-order valence-electron chi connectivity index (χ1n) is 3.22. The van der Waals surface area contributed by atoms with Crippen LogP contribution in [0.1, 0.15) is 0 Å². The molecule has 0 aromatic heterocycles. The normalized spacial score (nSPS) is 15.2. The minimum atomic E-state index is -7.27. The van der Waals surface area contributed by atoms with Gasteiger partial charge in [-0.25, -0.2) is 13.6 Å². The molecule has 0 aromatic rings. The van der Waals surface area contributed by atoms with Crippen LogP contribution >= 0.6 is 0 Å². The fourth-order valence-electron chi connectivity index (χ4n) is 0.539. The molecule has 0 unspecified atom stereocenters. The van der Waals surface area contributed by atoms with Gasteiger partial charge in [0.15, 0.2) is 0 Å². The van der Waals surface area contributed by atoms with E-state index in [0.29, 0.717) is 0 Å². The van der Waals surface area contributed by atoms with Gasteiger partial charge in [-0.2, -0.15) is 39.5 Å². The van der Waals surface area contributed by atoms with Gasteiger partial charge in [0.25, 0.3) is 10.0 Å². The molecule has 0 heterocycles. The highest BCUT2D eigenvalue weighted by Crippen LogP contribution is 2.54. The maximum absolute atomic E-state index is 12.3. The lowest BCUT2D eigenvalue weighted by molar-refractivity contribution is -0.382. The van der Waals surface area contributed by atoms with Crippen molar-refractivity contribution in [3.63, 3.8) is 0 Å². The fourth-order valence-corrected chi connectivity index (χ4v) is 1.02. The summed E-state index contributed by atoms with van der Waals surface area (Å²) in [4.78, 5) is 0. The lowest BCUT2D eigenvalue weighted by atomic mass is 10.1. The quantitative estimate of drug-likeness (QED) is 0.778. The smallest absolute Gasteiger partial charge is 0.344 e. The third kappa shape index (κ3) is 2.49. The summed E-state index contributed by atoms with van der Waals surface area (Å²) in [5.41, 5.74) is 0. The maximum Gasteiger partial charge on any atom is 0.460 e. The Balaban J connectivity index is 0. The number of nitrogens with two attached hydrogens (primary N) is 1.